The Morgan fingerprint density at radius 2 is 1.91 bits per heavy atom. The molecule has 5 rings (SSSR count). The largest absolute Gasteiger partial charge is 0.440 e. The number of H-pyrrole nitrogens is 1. The fourth-order valence-corrected chi connectivity index (χ4v) is 4.65. The number of oxazole rings is 1. The molecule has 0 aliphatic heterocycles. The molecule has 3 heterocycles. The van der Waals surface area contributed by atoms with Crippen molar-refractivity contribution in [1.82, 2.24) is 15.3 Å². The van der Waals surface area contributed by atoms with Crippen LogP contribution in [0.15, 0.2) is 82.7 Å². The maximum atomic E-state index is 12.8. The lowest BCUT2D eigenvalue weighted by Crippen LogP contribution is -2.30. The lowest BCUT2D eigenvalue weighted by molar-refractivity contribution is -0.120. The number of aromatic amines is 1. The molecule has 160 valence electrons. The van der Waals surface area contributed by atoms with Gasteiger partial charge in [0.2, 0.25) is 11.8 Å². The minimum Gasteiger partial charge on any atom is -0.440 e. The highest BCUT2D eigenvalue weighted by molar-refractivity contribution is 7.13. The van der Waals surface area contributed by atoms with Gasteiger partial charge in [-0.15, -0.1) is 11.3 Å². The zero-order valence-electron chi connectivity index (χ0n) is 17.7. The Kier molecular flexibility index (Phi) is 5.60. The molecule has 32 heavy (non-hydrogen) atoms. The van der Waals surface area contributed by atoms with E-state index in [1.54, 1.807) is 11.3 Å². The molecule has 5 aromatic rings. The molecule has 6 heteroatoms. The first-order valence-corrected chi connectivity index (χ1v) is 11.4. The number of para-hydroxylation sites is 1. The molecule has 0 fully saturated rings. The molecule has 0 aliphatic carbocycles. The molecule has 2 N–H and O–H groups in total. The third-order valence-electron chi connectivity index (χ3n) is 5.65. The fourth-order valence-electron chi connectivity index (χ4n) is 4.00. The molecule has 0 saturated carbocycles. The lowest BCUT2D eigenvalue weighted by Gasteiger charge is -2.18. The van der Waals surface area contributed by atoms with Crippen LogP contribution in [0.4, 0.5) is 0 Å². The van der Waals surface area contributed by atoms with E-state index < -0.39 is 0 Å². The zero-order valence-corrected chi connectivity index (χ0v) is 18.5. The summed E-state index contributed by atoms with van der Waals surface area (Å²) in [5.74, 6) is 1.22. The van der Waals surface area contributed by atoms with Gasteiger partial charge in [0.1, 0.15) is 5.76 Å². The first kappa shape index (κ1) is 20.3. The van der Waals surface area contributed by atoms with Crippen LogP contribution in [0, 0.1) is 6.92 Å². The average molecular weight is 442 g/mol. The van der Waals surface area contributed by atoms with Gasteiger partial charge in [0.25, 0.3) is 0 Å². The number of rotatable bonds is 7. The third kappa shape index (κ3) is 4.09. The van der Waals surface area contributed by atoms with Crippen LogP contribution in [0.2, 0.25) is 0 Å². The number of carbonyl (C=O) groups excluding carboxylic acids is 1. The highest BCUT2D eigenvalue weighted by Gasteiger charge is 2.20. The van der Waals surface area contributed by atoms with Crippen LogP contribution < -0.4 is 5.32 Å². The standard InChI is InChI=1S/C26H23N3O2S/c1-17-23(29-26(31-17)24-12-7-13-32-24)14-25(30)28-15-20(18-8-3-2-4-9-18)21-16-27-22-11-6-5-10-19(21)22/h2-13,16,20,27H,14-15H2,1H3,(H,28,30). The van der Waals surface area contributed by atoms with E-state index in [0.29, 0.717) is 23.9 Å². The Hall–Kier alpha value is -3.64. The molecular formula is C26H23N3O2S. The van der Waals surface area contributed by atoms with Crippen molar-refractivity contribution in [2.45, 2.75) is 19.3 Å². The molecule has 0 saturated heterocycles. The van der Waals surface area contributed by atoms with Crippen molar-refractivity contribution in [2.24, 2.45) is 0 Å². The van der Waals surface area contributed by atoms with Crippen LogP contribution in [0.5, 0.6) is 0 Å². The normalized spacial score (nSPS) is 12.2. The first-order valence-electron chi connectivity index (χ1n) is 10.6. The molecule has 1 amide bonds. The Labute approximate surface area is 190 Å². The maximum absolute atomic E-state index is 12.8. The summed E-state index contributed by atoms with van der Waals surface area (Å²) < 4.78 is 5.78. The van der Waals surface area contributed by atoms with E-state index in [0.717, 1.165) is 16.0 Å². The summed E-state index contributed by atoms with van der Waals surface area (Å²) >= 11 is 1.57. The van der Waals surface area contributed by atoms with Crippen molar-refractivity contribution in [3.05, 3.63) is 101 Å². The van der Waals surface area contributed by atoms with E-state index >= 15 is 0 Å². The number of nitrogens with zero attached hydrogens (tertiary/aromatic N) is 1. The quantitative estimate of drug-likeness (QED) is 0.341. The van der Waals surface area contributed by atoms with E-state index in [2.05, 4.69) is 39.6 Å². The number of nitrogens with one attached hydrogen (secondary N) is 2. The third-order valence-corrected chi connectivity index (χ3v) is 6.51. The van der Waals surface area contributed by atoms with Gasteiger partial charge in [-0.3, -0.25) is 4.79 Å². The van der Waals surface area contributed by atoms with E-state index in [1.807, 2.05) is 61.0 Å². The van der Waals surface area contributed by atoms with Gasteiger partial charge in [0.15, 0.2) is 0 Å². The number of hydrogen-bond acceptors (Lipinski definition) is 4. The van der Waals surface area contributed by atoms with Crippen molar-refractivity contribution in [2.75, 3.05) is 6.54 Å². The fraction of sp³-hybridized carbons (Fsp3) is 0.154. The number of carbonyl (C=O) groups is 1. The summed E-state index contributed by atoms with van der Waals surface area (Å²) in [6.45, 7) is 2.35. The van der Waals surface area contributed by atoms with Crippen molar-refractivity contribution in [1.29, 1.82) is 0 Å². The number of fused-ring (bicyclic) bond motifs is 1. The Morgan fingerprint density at radius 3 is 2.72 bits per heavy atom. The Balaban J connectivity index is 1.34. The minimum absolute atomic E-state index is 0.0383. The van der Waals surface area contributed by atoms with Crippen molar-refractivity contribution >= 4 is 28.1 Å². The predicted molar refractivity (Wildman–Crippen MR) is 128 cm³/mol. The van der Waals surface area contributed by atoms with Crippen LogP contribution in [-0.4, -0.2) is 22.4 Å². The average Bonchev–Trinajstić information content (AvgIpc) is 3.56. The van der Waals surface area contributed by atoms with Crippen LogP contribution in [0.1, 0.15) is 28.5 Å². The highest BCUT2D eigenvalue weighted by Crippen LogP contribution is 2.30. The molecule has 1 unspecified atom stereocenters. The number of aromatic nitrogens is 2. The van der Waals surface area contributed by atoms with Gasteiger partial charge >= 0.3 is 0 Å². The molecule has 0 radical (unpaired) electrons. The van der Waals surface area contributed by atoms with Gasteiger partial charge in [-0.05, 0) is 35.6 Å². The molecule has 0 spiro atoms. The van der Waals surface area contributed by atoms with E-state index in [4.69, 9.17) is 4.42 Å². The van der Waals surface area contributed by atoms with Crippen LogP contribution in [-0.2, 0) is 11.2 Å². The smallest absolute Gasteiger partial charge is 0.236 e. The summed E-state index contributed by atoms with van der Waals surface area (Å²) in [5, 5.41) is 6.27. The summed E-state index contributed by atoms with van der Waals surface area (Å²) in [6.07, 6.45) is 2.24. The van der Waals surface area contributed by atoms with E-state index in [-0.39, 0.29) is 18.2 Å². The summed E-state index contributed by atoms with van der Waals surface area (Å²) in [6, 6.07) is 22.4. The Morgan fingerprint density at radius 1 is 1.09 bits per heavy atom. The summed E-state index contributed by atoms with van der Waals surface area (Å²) in [5.41, 5.74) is 4.10. The SMILES string of the molecule is Cc1oc(-c2cccs2)nc1CC(=O)NCC(c1ccccc1)c1c[nH]c2ccccc12. The van der Waals surface area contributed by atoms with E-state index in [1.165, 1.54) is 10.9 Å². The van der Waals surface area contributed by atoms with Gasteiger partial charge in [0.05, 0.1) is 17.0 Å². The van der Waals surface area contributed by atoms with Crippen molar-refractivity contribution in [3.63, 3.8) is 0 Å². The second kappa shape index (κ2) is 8.85. The Bertz CT molecular complexity index is 1340. The molecule has 1 atom stereocenters. The van der Waals surface area contributed by atoms with E-state index in [9.17, 15) is 4.79 Å². The van der Waals surface area contributed by atoms with Gasteiger partial charge in [-0.25, -0.2) is 4.98 Å². The second-order valence-electron chi connectivity index (χ2n) is 7.73. The van der Waals surface area contributed by atoms with Gasteiger partial charge < -0.3 is 14.7 Å². The molecule has 0 bridgehead atoms. The monoisotopic (exact) mass is 441 g/mol. The number of thiophene rings is 1. The summed E-state index contributed by atoms with van der Waals surface area (Å²) in [4.78, 5) is 21.7. The van der Waals surface area contributed by atoms with Crippen molar-refractivity contribution < 1.29 is 9.21 Å². The number of aryl methyl sites for hydroxylation is 1. The molecule has 3 aromatic heterocycles. The topological polar surface area (TPSA) is 70.9 Å². The highest BCUT2D eigenvalue weighted by atomic mass is 32.1. The predicted octanol–water partition coefficient (Wildman–Crippen LogP) is 5.68. The van der Waals surface area contributed by atoms with Crippen LogP contribution >= 0.6 is 11.3 Å². The number of benzene rings is 2. The molecule has 0 aliphatic rings. The second-order valence-corrected chi connectivity index (χ2v) is 8.68. The van der Waals surface area contributed by atoms with Gasteiger partial charge in [-0.1, -0.05) is 54.6 Å². The molecular weight excluding hydrogens is 418 g/mol. The van der Waals surface area contributed by atoms with Crippen molar-refractivity contribution in [3.8, 4) is 10.8 Å². The number of amides is 1. The zero-order chi connectivity index (χ0) is 21.9. The first-order chi connectivity index (χ1) is 15.7. The lowest BCUT2D eigenvalue weighted by atomic mass is 9.91. The van der Waals surface area contributed by atoms with Gasteiger partial charge in [0, 0.05) is 29.6 Å². The minimum atomic E-state index is -0.0695. The maximum Gasteiger partial charge on any atom is 0.236 e. The molecule has 5 nitrogen and oxygen atoms in total. The van der Waals surface area contributed by atoms with Gasteiger partial charge in [-0.2, -0.15) is 0 Å². The molecule has 2 aromatic carbocycles. The number of hydrogen-bond donors (Lipinski definition) is 2. The van der Waals surface area contributed by atoms with Crippen LogP contribution in [0.25, 0.3) is 21.7 Å². The van der Waals surface area contributed by atoms with Crippen LogP contribution in [0.3, 0.4) is 0 Å². The summed E-state index contributed by atoms with van der Waals surface area (Å²) in [7, 11) is 0.